The van der Waals surface area contributed by atoms with E-state index in [0.717, 1.165) is 0 Å². The predicted molar refractivity (Wildman–Crippen MR) is 268 cm³/mol. The average Bonchev–Trinajstić information content (AvgIpc) is 3.33. The van der Waals surface area contributed by atoms with Crippen molar-refractivity contribution in [3.63, 3.8) is 0 Å². The Hall–Kier alpha value is -7.80. The summed E-state index contributed by atoms with van der Waals surface area (Å²) >= 11 is 0. The van der Waals surface area contributed by atoms with E-state index >= 15 is 0 Å². The predicted octanol–water partition coefficient (Wildman–Crippen LogP) is 17.6. The third-order valence-corrected chi connectivity index (χ3v) is 13.1. The molecule has 0 aliphatic rings. The second kappa shape index (κ2) is 14.4. The van der Waals surface area contributed by atoms with Gasteiger partial charge in [0.15, 0.2) is 0 Å². The molecule has 0 saturated heterocycles. The molecule has 0 radical (unpaired) electrons. The summed E-state index contributed by atoms with van der Waals surface area (Å²) in [5.74, 6) is 0. The van der Waals surface area contributed by atoms with Crippen LogP contribution in [0.4, 0.5) is 0 Å². The highest BCUT2D eigenvalue weighted by Gasteiger charge is 2.18. The van der Waals surface area contributed by atoms with Crippen molar-refractivity contribution in [2.45, 2.75) is 13.8 Å². The maximum atomic E-state index is 2.45. The molecule has 0 heterocycles. The van der Waals surface area contributed by atoms with E-state index in [0.29, 0.717) is 0 Å². The van der Waals surface area contributed by atoms with E-state index in [1.165, 1.54) is 131 Å². The van der Waals surface area contributed by atoms with Crippen LogP contribution in [0.25, 0.3) is 120 Å². The lowest BCUT2D eigenvalue weighted by Crippen LogP contribution is -1.91. The second-order valence-corrected chi connectivity index (χ2v) is 17.0. The van der Waals surface area contributed by atoms with Crippen LogP contribution in [0.2, 0.25) is 0 Å². The van der Waals surface area contributed by atoms with Gasteiger partial charge in [0, 0.05) is 0 Å². The maximum Gasteiger partial charge on any atom is -0.00922 e. The van der Waals surface area contributed by atoms with E-state index in [2.05, 4.69) is 232 Å². The Kier molecular flexibility index (Phi) is 8.40. The first kappa shape index (κ1) is 36.1. The first-order valence-corrected chi connectivity index (χ1v) is 21.7. The van der Waals surface area contributed by atoms with Gasteiger partial charge in [0.25, 0.3) is 0 Å². The largest absolute Gasteiger partial charge is 0.0622 e. The minimum atomic E-state index is 1.20. The van der Waals surface area contributed by atoms with Crippen LogP contribution < -0.4 is 0 Å². The van der Waals surface area contributed by atoms with Crippen molar-refractivity contribution in [3.8, 4) is 55.6 Å². The molecule has 0 nitrogen and oxygen atoms in total. The number of hydrogen-bond donors (Lipinski definition) is 0. The topological polar surface area (TPSA) is 0 Å². The van der Waals surface area contributed by atoms with Gasteiger partial charge in [-0.15, -0.1) is 0 Å². The number of hydrogen-bond acceptors (Lipinski definition) is 0. The number of benzene rings is 12. The average molecular weight is 787 g/mol. The van der Waals surface area contributed by atoms with Gasteiger partial charge in [-0.2, -0.15) is 0 Å². The zero-order valence-corrected chi connectivity index (χ0v) is 34.8. The quantitative estimate of drug-likeness (QED) is 0.152. The Balaban J connectivity index is 1.14. The molecule has 0 fully saturated rings. The molecule has 290 valence electrons. The van der Waals surface area contributed by atoms with Gasteiger partial charge in [-0.05, 0) is 171 Å². The van der Waals surface area contributed by atoms with E-state index in [9.17, 15) is 0 Å². The van der Waals surface area contributed by atoms with Crippen molar-refractivity contribution in [2.24, 2.45) is 0 Å². The highest BCUT2D eigenvalue weighted by atomic mass is 14.2. The van der Waals surface area contributed by atoms with Gasteiger partial charge < -0.3 is 0 Å². The maximum absolute atomic E-state index is 2.45. The van der Waals surface area contributed by atoms with Crippen LogP contribution in [0.15, 0.2) is 218 Å². The first-order chi connectivity index (χ1) is 30.6. The standard InChI is InChI=1S/C62H42/c1-39-23-27-47-51(41-15-7-3-8-16-41)35-59-49-29-25-45(33-57(49)53(37-61(59)55(47)31-39)43-19-11-5-12-20-43)46-26-30-50-58(34-46)54(44-21-13-6-14-22-44)38-62-56-32-40(2)24-28-48(56)52(36-60(50)62)42-17-9-4-10-18-42/h3-38H,1-2H3. The molecule has 12 aromatic carbocycles. The molecule has 0 bridgehead atoms. The minimum Gasteiger partial charge on any atom is -0.0622 e. The van der Waals surface area contributed by atoms with E-state index in [1.807, 2.05) is 0 Å². The normalized spacial score (nSPS) is 11.7. The van der Waals surface area contributed by atoms with Crippen molar-refractivity contribution >= 4 is 64.6 Å². The van der Waals surface area contributed by atoms with Crippen LogP contribution in [0, 0.1) is 13.8 Å². The van der Waals surface area contributed by atoms with Crippen molar-refractivity contribution in [1.82, 2.24) is 0 Å². The van der Waals surface area contributed by atoms with Crippen molar-refractivity contribution in [3.05, 3.63) is 230 Å². The lowest BCUT2D eigenvalue weighted by molar-refractivity contribution is 1.51. The summed E-state index contributed by atoms with van der Waals surface area (Å²) in [4.78, 5) is 0. The SMILES string of the molecule is Cc1ccc2c(-c3ccccc3)cc3c4ccc(-c5ccc6c(c5)c(-c5ccccc5)cc5c7cc(C)ccc7c(-c7ccccc7)cc65)cc4c(-c4ccccc4)cc3c2c1. The second-order valence-electron chi connectivity index (χ2n) is 17.0. The van der Waals surface area contributed by atoms with Gasteiger partial charge in [0.05, 0.1) is 0 Å². The van der Waals surface area contributed by atoms with Gasteiger partial charge >= 0.3 is 0 Å². The molecule has 0 saturated carbocycles. The van der Waals surface area contributed by atoms with Crippen LogP contribution in [0.5, 0.6) is 0 Å². The molecule has 12 aromatic rings. The molecule has 62 heavy (non-hydrogen) atoms. The summed E-state index contributed by atoms with van der Waals surface area (Å²) in [6.45, 7) is 4.40. The lowest BCUT2D eigenvalue weighted by atomic mass is 9.85. The molecule has 0 N–H and O–H groups in total. The van der Waals surface area contributed by atoms with Crippen molar-refractivity contribution in [1.29, 1.82) is 0 Å². The molecule has 0 amide bonds. The van der Waals surface area contributed by atoms with E-state index < -0.39 is 0 Å². The van der Waals surface area contributed by atoms with Crippen LogP contribution in [0.3, 0.4) is 0 Å². The van der Waals surface area contributed by atoms with Crippen LogP contribution >= 0.6 is 0 Å². The Morgan fingerprint density at radius 3 is 0.790 bits per heavy atom. The summed E-state index contributed by atoms with van der Waals surface area (Å²) in [5.41, 5.74) is 14.9. The van der Waals surface area contributed by atoms with Crippen LogP contribution in [-0.4, -0.2) is 0 Å². The number of aryl methyl sites for hydroxylation is 2. The Labute approximate surface area is 362 Å². The monoisotopic (exact) mass is 786 g/mol. The smallest absolute Gasteiger partial charge is 0.00922 e. The summed E-state index contributed by atoms with van der Waals surface area (Å²) in [7, 11) is 0. The molecule has 12 rings (SSSR count). The first-order valence-electron chi connectivity index (χ1n) is 21.7. The Morgan fingerprint density at radius 1 is 0.177 bits per heavy atom. The van der Waals surface area contributed by atoms with Gasteiger partial charge in [0.1, 0.15) is 0 Å². The fourth-order valence-corrected chi connectivity index (χ4v) is 10.1. The highest BCUT2D eigenvalue weighted by Crippen LogP contribution is 2.46. The number of rotatable bonds is 5. The Morgan fingerprint density at radius 2 is 0.452 bits per heavy atom. The van der Waals surface area contributed by atoms with E-state index in [4.69, 9.17) is 0 Å². The van der Waals surface area contributed by atoms with Gasteiger partial charge in [0.2, 0.25) is 0 Å². The van der Waals surface area contributed by atoms with E-state index in [1.54, 1.807) is 0 Å². The molecule has 0 aliphatic heterocycles. The zero-order chi connectivity index (χ0) is 41.3. The van der Waals surface area contributed by atoms with Gasteiger partial charge in [-0.25, -0.2) is 0 Å². The molecular weight excluding hydrogens is 745 g/mol. The molecule has 0 atom stereocenters. The summed E-state index contributed by atoms with van der Waals surface area (Å²) in [6, 6.07) is 81.5. The van der Waals surface area contributed by atoms with E-state index in [-0.39, 0.29) is 0 Å². The third-order valence-electron chi connectivity index (χ3n) is 13.1. The molecular formula is C62H42. The third kappa shape index (κ3) is 5.91. The lowest BCUT2D eigenvalue weighted by Gasteiger charge is -2.18. The fraction of sp³-hybridized carbons (Fsp3) is 0.0323. The fourth-order valence-electron chi connectivity index (χ4n) is 10.1. The zero-order valence-electron chi connectivity index (χ0n) is 34.8. The Bertz CT molecular complexity index is 3460. The molecule has 0 spiro atoms. The van der Waals surface area contributed by atoms with Crippen molar-refractivity contribution < 1.29 is 0 Å². The highest BCUT2D eigenvalue weighted by molar-refractivity contribution is 6.26. The number of fused-ring (bicyclic) bond motifs is 10. The van der Waals surface area contributed by atoms with Gasteiger partial charge in [-0.3, -0.25) is 0 Å². The molecule has 0 heteroatoms. The van der Waals surface area contributed by atoms with Gasteiger partial charge in [-0.1, -0.05) is 193 Å². The molecule has 0 aromatic heterocycles. The minimum absolute atomic E-state index is 1.20. The van der Waals surface area contributed by atoms with Crippen LogP contribution in [0.1, 0.15) is 11.1 Å². The van der Waals surface area contributed by atoms with Crippen molar-refractivity contribution in [2.75, 3.05) is 0 Å². The summed E-state index contributed by atoms with van der Waals surface area (Å²) in [6.07, 6.45) is 0. The summed E-state index contributed by atoms with van der Waals surface area (Å²) in [5, 5.41) is 15.3. The van der Waals surface area contributed by atoms with Crippen LogP contribution in [-0.2, 0) is 0 Å². The molecule has 0 unspecified atom stereocenters. The molecule has 0 aliphatic carbocycles. The summed E-state index contributed by atoms with van der Waals surface area (Å²) < 4.78 is 0.